The van der Waals surface area contributed by atoms with E-state index in [2.05, 4.69) is 10.4 Å². The molecule has 0 aliphatic rings. The van der Waals surface area contributed by atoms with Gasteiger partial charge < -0.3 is 14.7 Å². The number of nitrogens with zero attached hydrogens (tertiary/aromatic N) is 3. The highest BCUT2D eigenvalue weighted by Gasteiger charge is 2.08. The summed E-state index contributed by atoms with van der Waals surface area (Å²) in [5, 5.41) is 10.4. The second-order valence-corrected chi connectivity index (χ2v) is 3.60. The lowest BCUT2D eigenvalue weighted by molar-refractivity contribution is -0.389. The smallest absolute Gasteiger partial charge is 0.358 e. The standard InChI is InChI=1S/C9H15N5O3/c10-12-9(15)4-2-1-3-5-13-6-8(11-7-13)14(16)17/h6-7H,1-5,10H2,(H,12,15). The highest BCUT2D eigenvalue weighted by atomic mass is 16.6. The van der Waals surface area contributed by atoms with Crippen molar-refractivity contribution in [3.63, 3.8) is 0 Å². The van der Waals surface area contributed by atoms with Crippen LogP contribution in [0.2, 0.25) is 0 Å². The zero-order valence-electron chi connectivity index (χ0n) is 9.33. The minimum atomic E-state index is -0.526. The van der Waals surface area contributed by atoms with E-state index in [4.69, 9.17) is 5.84 Å². The normalized spacial score (nSPS) is 10.2. The lowest BCUT2D eigenvalue weighted by atomic mass is 10.2. The van der Waals surface area contributed by atoms with Gasteiger partial charge >= 0.3 is 5.82 Å². The zero-order chi connectivity index (χ0) is 12.7. The summed E-state index contributed by atoms with van der Waals surface area (Å²) in [5.41, 5.74) is 2.06. The van der Waals surface area contributed by atoms with Crippen molar-refractivity contribution in [1.82, 2.24) is 15.0 Å². The Morgan fingerprint density at radius 1 is 1.53 bits per heavy atom. The number of aromatic nitrogens is 2. The van der Waals surface area contributed by atoms with Crippen LogP contribution in [-0.4, -0.2) is 20.4 Å². The van der Waals surface area contributed by atoms with Gasteiger partial charge in [0.1, 0.15) is 6.20 Å². The zero-order valence-corrected chi connectivity index (χ0v) is 9.33. The van der Waals surface area contributed by atoms with Crippen LogP contribution >= 0.6 is 0 Å². The molecule has 1 amide bonds. The van der Waals surface area contributed by atoms with Gasteiger partial charge in [0.2, 0.25) is 12.2 Å². The minimum absolute atomic E-state index is 0.146. The quantitative estimate of drug-likeness (QED) is 0.235. The maximum Gasteiger partial charge on any atom is 0.381 e. The molecule has 1 aromatic heterocycles. The lowest BCUT2D eigenvalue weighted by Gasteiger charge is -2.01. The molecule has 8 heteroatoms. The molecule has 0 atom stereocenters. The van der Waals surface area contributed by atoms with Crippen molar-refractivity contribution in [1.29, 1.82) is 0 Å². The van der Waals surface area contributed by atoms with Gasteiger partial charge in [-0.05, 0) is 22.7 Å². The van der Waals surface area contributed by atoms with E-state index in [0.29, 0.717) is 13.0 Å². The lowest BCUT2D eigenvalue weighted by Crippen LogP contribution is -2.29. The average Bonchev–Trinajstić information content (AvgIpc) is 2.77. The summed E-state index contributed by atoms with van der Waals surface area (Å²) < 4.78 is 1.67. The molecule has 1 rings (SSSR count). The average molecular weight is 241 g/mol. The van der Waals surface area contributed by atoms with E-state index in [-0.39, 0.29) is 11.7 Å². The van der Waals surface area contributed by atoms with Gasteiger partial charge in [0.15, 0.2) is 0 Å². The van der Waals surface area contributed by atoms with Crippen LogP contribution < -0.4 is 11.3 Å². The van der Waals surface area contributed by atoms with Crippen molar-refractivity contribution >= 4 is 11.7 Å². The maximum atomic E-state index is 10.8. The van der Waals surface area contributed by atoms with Gasteiger partial charge in [0, 0.05) is 13.0 Å². The molecule has 1 aromatic rings. The van der Waals surface area contributed by atoms with Crippen LogP contribution in [0.15, 0.2) is 12.5 Å². The van der Waals surface area contributed by atoms with Crippen molar-refractivity contribution in [2.45, 2.75) is 32.2 Å². The largest absolute Gasteiger partial charge is 0.381 e. The molecule has 0 aliphatic carbocycles. The fourth-order valence-corrected chi connectivity index (χ4v) is 1.39. The van der Waals surface area contributed by atoms with Gasteiger partial charge in [-0.25, -0.2) is 5.84 Å². The van der Waals surface area contributed by atoms with E-state index in [0.717, 1.165) is 19.3 Å². The van der Waals surface area contributed by atoms with Crippen molar-refractivity contribution in [2.24, 2.45) is 5.84 Å². The minimum Gasteiger partial charge on any atom is -0.358 e. The summed E-state index contributed by atoms with van der Waals surface area (Å²) in [4.78, 5) is 24.3. The van der Waals surface area contributed by atoms with E-state index >= 15 is 0 Å². The summed E-state index contributed by atoms with van der Waals surface area (Å²) in [6.07, 6.45) is 5.68. The van der Waals surface area contributed by atoms with Gasteiger partial charge in [0.05, 0.1) is 0 Å². The number of carbonyl (C=O) groups excluding carboxylic acids is 1. The van der Waals surface area contributed by atoms with Gasteiger partial charge in [0.25, 0.3) is 0 Å². The number of hydrazine groups is 1. The second-order valence-electron chi connectivity index (χ2n) is 3.60. The fraction of sp³-hybridized carbons (Fsp3) is 0.556. The number of hydrogen-bond acceptors (Lipinski definition) is 5. The Morgan fingerprint density at radius 3 is 2.88 bits per heavy atom. The molecular weight excluding hydrogens is 226 g/mol. The van der Waals surface area contributed by atoms with E-state index in [1.807, 2.05) is 0 Å². The molecule has 0 saturated heterocycles. The molecule has 94 valence electrons. The molecule has 0 bridgehead atoms. The van der Waals surface area contributed by atoms with Gasteiger partial charge in [-0.1, -0.05) is 6.42 Å². The van der Waals surface area contributed by atoms with E-state index in [1.54, 1.807) is 4.57 Å². The molecule has 3 N–H and O–H groups in total. The number of imidazole rings is 1. The van der Waals surface area contributed by atoms with Gasteiger partial charge in [-0.15, -0.1) is 0 Å². The van der Waals surface area contributed by atoms with Crippen LogP contribution in [0.25, 0.3) is 0 Å². The predicted molar refractivity (Wildman–Crippen MR) is 59.7 cm³/mol. The highest BCUT2D eigenvalue weighted by Crippen LogP contribution is 2.08. The summed E-state index contributed by atoms with van der Waals surface area (Å²) in [7, 11) is 0. The van der Waals surface area contributed by atoms with Crippen molar-refractivity contribution in [3.05, 3.63) is 22.6 Å². The Balaban J connectivity index is 2.18. The number of unbranched alkanes of at least 4 members (excludes halogenated alkanes) is 2. The van der Waals surface area contributed by atoms with E-state index in [1.165, 1.54) is 12.5 Å². The Labute approximate surface area is 97.9 Å². The molecule has 0 spiro atoms. The van der Waals surface area contributed by atoms with Crippen molar-refractivity contribution < 1.29 is 9.72 Å². The van der Waals surface area contributed by atoms with Crippen LogP contribution in [0.5, 0.6) is 0 Å². The Kier molecular flexibility index (Phi) is 5.08. The molecule has 0 radical (unpaired) electrons. The van der Waals surface area contributed by atoms with Crippen LogP contribution in [0.3, 0.4) is 0 Å². The van der Waals surface area contributed by atoms with E-state index in [9.17, 15) is 14.9 Å². The number of carbonyl (C=O) groups is 1. The summed E-state index contributed by atoms with van der Waals surface area (Å²) in [5.74, 6) is 4.61. The number of amides is 1. The molecule has 1 heterocycles. The topological polar surface area (TPSA) is 116 Å². The monoisotopic (exact) mass is 241 g/mol. The SMILES string of the molecule is NNC(=O)CCCCCn1cnc([N+](=O)[O-])c1. The first kappa shape index (κ1) is 13.1. The molecule has 8 nitrogen and oxygen atoms in total. The molecule has 0 aliphatic heterocycles. The highest BCUT2D eigenvalue weighted by molar-refractivity contribution is 5.74. The van der Waals surface area contributed by atoms with Crippen LogP contribution in [-0.2, 0) is 11.3 Å². The predicted octanol–water partition coefficient (Wildman–Crippen LogP) is 0.342. The Morgan fingerprint density at radius 2 is 2.29 bits per heavy atom. The van der Waals surface area contributed by atoms with Crippen LogP contribution in [0.1, 0.15) is 25.7 Å². The number of rotatable bonds is 7. The third kappa shape index (κ3) is 4.60. The van der Waals surface area contributed by atoms with Gasteiger partial charge in [-0.2, -0.15) is 0 Å². The number of aryl methyl sites for hydroxylation is 1. The van der Waals surface area contributed by atoms with Gasteiger partial charge in [-0.3, -0.25) is 10.2 Å². The van der Waals surface area contributed by atoms with Crippen molar-refractivity contribution in [2.75, 3.05) is 0 Å². The first-order valence-corrected chi connectivity index (χ1v) is 5.29. The van der Waals surface area contributed by atoms with Crippen LogP contribution in [0.4, 0.5) is 5.82 Å². The Hall–Kier alpha value is -1.96. The van der Waals surface area contributed by atoms with E-state index < -0.39 is 4.92 Å². The maximum absolute atomic E-state index is 10.8. The molecule has 0 fully saturated rings. The number of nitrogens with one attached hydrogen (secondary N) is 1. The van der Waals surface area contributed by atoms with Crippen LogP contribution in [0, 0.1) is 10.1 Å². The summed E-state index contributed by atoms with van der Waals surface area (Å²) in [6.45, 7) is 0.658. The molecule has 0 aromatic carbocycles. The number of nitro groups is 1. The summed E-state index contributed by atoms with van der Waals surface area (Å²) >= 11 is 0. The fourth-order valence-electron chi connectivity index (χ4n) is 1.39. The number of hydrogen-bond donors (Lipinski definition) is 2. The Bertz CT molecular complexity index is 390. The third-order valence-corrected chi connectivity index (χ3v) is 2.29. The first-order chi connectivity index (χ1) is 8.13. The molecular formula is C9H15N5O3. The van der Waals surface area contributed by atoms with Crippen molar-refractivity contribution in [3.8, 4) is 0 Å². The second kappa shape index (κ2) is 6.59. The molecule has 0 unspecified atom stereocenters. The number of nitrogens with two attached hydrogens (primary N) is 1. The summed E-state index contributed by atoms with van der Waals surface area (Å²) in [6, 6.07) is 0. The first-order valence-electron chi connectivity index (χ1n) is 5.29. The molecule has 17 heavy (non-hydrogen) atoms. The third-order valence-electron chi connectivity index (χ3n) is 2.29. The molecule has 0 saturated carbocycles.